The number of esters is 1. The first-order chi connectivity index (χ1) is 9.42. The Morgan fingerprint density at radius 1 is 1.40 bits per heavy atom. The number of carbonyl (C=O) groups is 3. The van der Waals surface area contributed by atoms with Crippen molar-refractivity contribution >= 4 is 29.7 Å². The number of carboxylic acid groups (broad SMARTS) is 1. The molecular formula is C12H22N2O5S. The number of amides is 2. The standard InChI is InChI=1S/C12H22N2O5S/c1-4-19-10(15)5-7-14(2)12(18)13-9(11(16)17)6-8-20-3/h9H,4-8H2,1-3H3,(H,13,18)(H,16,17). The lowest BCUT2D eigenvalue weighted by Crippen LogP contribution is -2.47. The van der Waals surface area contributed by atoms with Crippen molar-refractivity contribution in [3.8, 4) is 0 Å². The highest BCUT2D eigenvalue weighted by molar-refractivity contribution is 7.98. The van der Waals surface area contributed by atoms with Crippen molar-refractivity contribution in [3.63, 3.8) is 0 Å². The van der Waals surface area contributed by atoms with Crippen molar-refractivity contribution in [2.24, 2.45) is 0 Å². The molecule has 0 bridgehead atoms. The fourth-order valence-electron chi connectivity index (χ4n) is 1.35. The van der Waals surface area contributed by atoms with Crippen LogP contribution in [0.2, 0.25) is 0 Å². The van der Waals surface area contributed by atoms with Crippen LogP contribution >= 0.6 is 11.8 Å². The van der Waals surface area contributed by atoms with Gasteiger partial charge < -0.3 is 20.1 Å². The number of ether oxygens (including phenoxy) is 1. The van der Waals surface area contributed by atoms with Gasteiger partial charge in [0.05, 0.1) is 13.0 Å². The molecule has 0 rings (SSSR count). The fourth-order valence-corrected chi connectivity index (χ4v) is 1.82. The molecule has 116 valence electrons. The van der Waals surface area contributed by atoms with E-state index in [1.807, 2.05) is 6.26 Å². The molecule has 0 aliphatic heterocycles. The second-order valence-electron chi connectivity index (χ2n) is 4.10. The second-order valence-corrected chi connectivity index (χ2v) is 5.08. The van der Waals surface area contributed by atoms with Crippen LogP contribution in [0.25, 0.3) is 0 Å². The summed E-state index contributed by atoms with van der Waals surface area (Å²) in [6.07, 6.45) is 2.31. The van der Waals surface area contributed by atoms with E-state index in [0.29, 0.717) is 18.8 Å². The smallest absolute Gasteiger partial charge is 0.326 e. The summed E-state index contributed by atoms with van der Waals surface area (Å²) in [7, 11) is 1.50. The van der Waals surface area contributed by atoms with Crippen LogP contribution in [-0.4, -0.2) is 66.2 Å². The number of aliphatic carboxylic acids is 1. The summed E-state index contributed by atoms with van der Waals surface area (Å²) < 4.78 is 4.75. The number of rotatable bonds is 9. The quantitative estimate of drug-likeness (QED) is 0.611. The largest absolute Gasteiger partial charge is 0.480 e. The maximum atomic E-state index is 11.8. The van der Waals surface area contributed by atoms with Crippen LogP contribution in [0.5, 0.6) is 0 Å². The van der Waals surface area contributed by atoms with Crippen LogP contribution in [0, 0.1) is 0 Å². The molecule has 0 heterocycles. The molecule has 0 saturated heterocycles. The number of urea groups is 1. The highest BCUT2D eigenvalue weighted by Gasteiger charge is 2.21. The first-order valence-electron chi connectivity index (χ1n) is 6.31. The van der Waals surface area contributed by atoms with E-state index in [1.54, 1.807) is 6.92 Å². The molecule has 0 radical (unpaired) electrons. The summed E-state index contributed by atoms with van der Waals surface area (Å²) in [5.41, 5.74) is 0. The minimum absolute atomic E-state index is 0.0836. The highest BCUT2D eigenvalue weighted by Crippen LogP contribution is 2.02. The van der Waals surface area contributed by atoms with E-state index in [9.17, 15) is 14.4 Å². The average molecular weight is 306 g/mol. The van der Waals surface area contributed by atoms with Crippen LogP contribution in [0.3, 0.4) is 0 Å². The van der Waals surface area contributed by atoms with Crippen molar-refractivity contribution < 1.29 is 24.2 Å². The van der Waals surface area contributed by atoms with E-state index in [2.05, 4.69) is 5.32 Å². The number of thioether (sulfide) groups is 1. The summed E-state index contributed by atoms with van der Waals surface area (Å²) in [5, 5.41) is 11.4. The van der Waals surface area contributed by atoms with Gasteiger partial charge in [-0.05, 0) is 25.4 Å². The lowest BCUT2D eigenvalue weighted by Gasteiger charge is -2.21. The van der Waals surface area contributed by atoms with Gasteiger partial charge in [-0.3, -0.25) is 4.79 Å². The van der Waals surface area contributed by atoms with Crippen molar-refractivity contribution in [1.29, 1.82) is 0 Å². The number of nitrogens with one attached hydrogen (secondary N) is 1. The van der Waals surface area contributed by atoms with E-state index in [-0.39, 0.29) is 18.9 Å². The zero-order valence-corrected chi connectivity index (χ0v) is 12.9. The van der Waals surface area contributed by atoms with E-state index < -0.39 is 18.0 Å². The van der Waals surface area contributed by atoms with Gasteiger partial charge in [0.25, 0.3) is 0 Å². The van der Waals surface area contributed by atoms with Crippen molar-refractivity contribution in [3.05, 3.63) is 0 Å². The van der Waals surface area contributed by atoms with Gasteiger partial charge in [0, 0.05) is 13.6 Å². The summed E-state index contributed by atoms with van der Waals surface area (Å²) in [6, 6.07) is -1.43. The van der Waals surface area contributed by atoms with E-state index in [0.717, 1.165) is 0 Å². The Morgan fingerprint density at radius 3 is 2.55 bits per heavy atom. The molecule has 20 heavy (non-hydrogen) atoms. The highest BCUT2D eigenvalue weighted by atomic mass is 32.2. The van der Waals surface area contributed by atoms with E-state index >= 15 is 0 Å². The van der Waals surface area contributed by atoms with Crippen LogP contribution in [0.1, 0.15) is 19.8 Å². The lowest BCUT2D eigenvalue weighted by molar-refractivity contribution is -0.143. The van der Waals surface area contributed by atoms with E-state index in [4.69, 9.17) is 9.84 Å². The zero-order chi connectivity index (χ0) is 15.5. The molecule has 0 spiro atoms. The summed E-state index contributed by atoms with van der Waals surface area (Å²) in [4.78, 5) is 35.2. The Kier molecular flexibility index (Phi) is 9.61. The van der Waals surface area contributed by atoms with Gasteiger partial charge in [0.2, 0.25) is 0 Å². The third-order valence-electron chi connectivity index (χ3n) is 2.51. The first-order valence-corrected chi connectivity index (χ1v) is 7.70. The molecule has 2 amide bonds. The number of hydrogen-bond donors (Lipinski definition) is 2. The number of hydrogen-bond acceptors (Lipinski definition) is 5. The lowest BCUT2D eigenvalue weighted by atomic mass is 10.2. The van der Waals surface area contributed by atoms with Crippen molar-refractivity contribution in [2.45, 2.75) is 25.8 Å². The Morgan fingerprint density at radius 2 is 2.05 bits per heavy atom. The zero-order valence-electron chi connectivity index (χ0n) is 12.0. The third-order valence-corrected chi connectivity index (χ3v) is 3.15. The SMILES string of the molecule is CCOC(=O)CCN(C)C(=O)NC(CCSC)C(=O)O. The Labute approximate surface area is 123 Å². The Balaban J connectivity index is 4.21. The number of carboxylic acids is 1. The molecule has 0 fully saturated rings. The third kappa shape index (κ3) is 7.88. The molecule has 2 N–H and O–H groups in total. The molecule has 0 aromatic rings. The summed E-state index contributed by atoms with van der Waals surface area (Å²) in [6.45, 7) is 2.18. The van der Waals surface area contributed by atoms with Crippen LogP contribution in [0.15, 0.2) is 0 Å². The second kappa shape index (κ2) is 10.4. The van der Waals surface area contributed by atoms with Crippen LogP contribution in [0.4, 0.5) is 4.79 Å². The number of nitrogens with zero attached hydrogens (tertiary/aromatic N) is 1. The van der Waals surface area contributed by atoms with Crippen molar-refractivity contribution in [2.75, 3.05) is 32.2 Å². The Hall–Kier alpha value is -1.44. The predicted molar refractivity (Wildman–Crippen MR) is 76.8 cm³/mol. The molecule has 1 unspecified atom stereocenters. The molecule has 0 aromatic heterocycles. The average Bonchev–Trinajstić information content (AvgIpc) is 2.40. The maximum absolute atomic E-state index is 11.8. The summed E-state index contributed by atoms with van der Waals surface area (Å²) >= 11 is 1.51. The van der Waals surface area contributed by atoms with Gasteiger partial charge in [0.15, 0.2) is 0 Å². The summed E-state index contributed by atoms with van der Waals surface area (Å²) in [5.74, 6) is -0.806. The van der Waals surface area contributed by atoms with Gasteiger partial charge >= 0.3 is 18.0 Å². The molecule has 0 saturated carbocycles. The predicted octanol–water partition coefficient (Wildman–Crippen LogP) is 0.787. The molecule has 0 aromatic carbocycles. The maximum Gasteiger partial charge on any atom is 0.326 e. The van der Waals surface area contributed by atoms with Gasteiger partial charge in [-0.1, -0.05) is 0 Å². The molecule has 8 heteroatoms. The van der Waals surface area contributed by atoms with Crippen molar-refractivity contribution in [1.82, 2.24) is 10.2 Å². The normalized spacial score (nSPS) is 11.6. The van der Waals surface area contributed by atoms with Crippen LogP contribution in [-0.2, 0) is 14.3 Å². The van der Waals surface area contributed by atoms with Gasteiger partial charge in [0.1, 0.15) is 6.04 Å². The number of carbonyl (C=O) groups excluding carboxylic acids is 2. The molecule has 0 aliphatic rings. The van der Waals surface area contributed by atoms with Crippen LogP contribution < -0.4 is 5.32 Å². The molecule has 1 atom stereocenters. The monoisotopic (exact) mass is 306 g/mol. The molecule has 0 aliphatic carbocycles. The van der Waals surface area contributed by atoms with E-state index in [1.165, 1.54) is 23.7 Å². The topological polar surface area (TPSA) is 95.9 Å². The Bertz CT molecular complexity index is 338. The van der Waals surface area contributed by atoms with Gasteiger partial charge in [-0.15, -0.1) is 0 Å². The fraction of sp³-hybridized carbons (Fsp3) is 0.750. The minimum atomic E-state index is -1.06. The van der Waals surface area contributed by atoms with Gasteiger partial charge in [-0.2, -0.15) is 11.8 Å². The first kappa shape index (κ1) is 18.6. The molecule has 7 nitrogen and oxygen atoms in total. The van der Waals surface area contributed by atoms with Gasteiger partial charge in [-0.25, -0.2) is 9.59 Å². The minimum Gasteiger partial charge on any atom is -0.480 e. The molecular weight excluding hydrogens is 284 g/mol.